The zero-order valence-electron chi connectivity index (χ0n) is 13.8. The van der Waals surface area contributed by atoms with Gasteiger partial charge in [0.1, 0.15) is 5.82 Å². The second-order valence-corrected chi connectivity index (χ2v) is 6.46. The third-order valence-electron chi connectivity index (χ3n) is 4.66. The van der Waals surface area contributed by atoms with Gasteiger partial charge in [0.15, 0.2) is 0 Å². The average molecular weight is 334 g/mol. The molecule has 1 aromatic carbocycles. The standard InChI is InChI=1S/C18H23FN2O3/c1-12-16(14-4-6-15(19)7-5-14)21-24-17(12)18(22)20-9-2-3-13-8-10-23-11-13/h4-7,12-13,17H,2-3,8-11H2,1H3,(H,20,22)/t12-,13-,17-/m1/s1. The summed E-state index contributed by atoms with van der Waals surface area (Å²) in [5, 5.41) is 6.95. The maximum atomic E-state index is 13.0. The number of ether oxygens (including phenoxy) is 1. The van der Waals surface area contributed by atoms with Crippen molar-refractivity contribution in [2.24, 2.45) is 17.0 Å². The van der Waals surface area contributed by atoms with Gasteiger partial charge in [-0.1, -0.05) is 24.2 Å². The van der Waals surface area contributed by atoms with E-state index in [-0.39, 0.29) is 17.6 Å². The largest absolute Gasteiger partial charge is 0.381 e. The summed E-state index contributed by atoms with van der Waals surface area (Å²) in [7, 11) is 0. The van der Waals surface area contributed by atoms with Gasteiger partial charge in [-0.2, -0.15) is 0 Å². The van der Waals surface area contributed by atoms with E-state index in [1.54, 1.807) is 12.1 Å². The molecule has 0 saturated carbocycles. The number of amides is 1. The molecule has 1 N–H and O–H groups in total. The van der Waals surface area contributed by atoms with E-state index in [2.05, 4.69) is 10.5 Å². The van der Waals surface area contributed by atoms with Crippen molar-refractivity contribution in [3.05, 3.63) is 35.6 Å². The molecule has 3 atom stereocenters. The van der Waals surface area contributed by atoms with Crippen LogP contribution in [0.5, 0.6) is 0 Å². The van der Waals surface area contributed by atoms with Crippen LogP contribution >= 0.6 is 0 Å². The minimum absolute atomic E-state index is 0.147. The van der Waals surface area contributed by atoms with Gasteiger partial charge in [-0.25, -0.2) is 4.39 Å². The summed E-state index contributed by atoms with van der Waals surface area (Å²) in [6.45, 7) is 4.22. The lowest BCUT2D eigenvalue weighted by molar-refractivity contribution is -0.132. The smallest absolute Gasteiger partial charge is 0.264 e. The van der Waals surface area contributed by atoms with Crippen molar-refractivity contribution >= 4 is 11.6 Å². The highest BCUT2D eigenvalue weighted by Crippen LogP contribution is 2.23. The van der Waals surface area contributed by atoms with Crippen LogP contribution in [-0.4, -0.2) is 37.5 Å². The Balaban J connectivity index is 1.45. The third kappa shape index (κ3) is 3.93. The molecule has 2 aliphatic heterocycles. The summed E-state index contributed by atoms with van der Waals surface area (Å²) >= 11 is 0. The van der Waals surface area contributed by atoms with Crippen molar-refractivity contribution < 1.29 is 18.8 Å². The predicted octanol–water partition coefficient (Wildman–Crippen LogP) is 2.50. The van der Waals surface area contributed by atoms with E-state index >= 15 is 0 Å². The van der Waals surface area contributed by atoms with Crippen LogP contribution in [0.2, 0.25) is 0 Å². The number of carbonyl (C=O) groups excluding carboxylic acids is 1. The van der Waals surface area contributed by atoms with Crippen LogP contribution in [0.3, 0.4) is 0 Å². The summed E-state index contributed by atoms with van der Waals surface area (Å²) in [6.07, 6.45) is 2.50. The maximum Gasteiger partial charge on any atom is 0.264 e. The number of rotatable bonds is 6. The minimum Gasteiger partial charge on any atom is -0.381 e. The molecule has 5 nitrogen and oxygen atoms in total. The molecule has 0 bridgehead atoms. The molecule has 0 unspecified atom stereocenters. The highest BCUT2D eigenvalue weighted by atomic mass is 19.1. The number of halogens is 1. The lowest BCUT2D eigenvalue weighted by Gasteiger charge is -2.15. The number of oxime groups is 1. The first kappa shape index (κ1) is 16.9. The second-order valence-electron chi connectivity index (χ2n) is 6.46. The normalized spacial score (nSPS) is 26.1. The Labute approximate surface area is 141 Å². The number of carbonyl (C=O) groups is 1. The Morgan fingerprint density at radius 2 is 2.17 bits per heavy atom. The van der Waals surface area contributed by atoms with E-state index in [1.165, 1.54) is 12.1 Å². The van der Waals surface area contributed by atoms with Crippen LogP contribution < -0.4 is 5.32 Å². The molecule has 0 aromatic heterocycles. The summed E-state index contributed by atoms with van der Waals surface area (Å²) in [4.78, 5) is 17.6. The Morgan fingerprint density at radius 3 is 2.88 bits per heavy atom. The number of nitrogens with zero attached hydrogens (tertiary/aromatic N) is 1. The molecule has 2 aliphatic rings. The van der Waals surface area contributed by atoms with Crippen molar-refractivity contribution in [2.45, 2.75) is 32.3 Å². The van der Waals surface area contributed by atoms with Crippen LogP contribution in [-0.2, 0) is 14.4 Å². The lowest BCUT2D eigenvalue weighted by atomic mass is 9.93. The quantitative estimate of drug-likeness (QED) is 0.813. The number of hydrogen-bond donors (Lipinski definition) is 1. The van der Waals surface area contributed by atoms with Crippen molar-refractivity contribution in [3.8, 4) is 0 Å². The van der Waals surface area contributed by atoms with Gasteiger partial charge in [0.05, 0.1) is 11.6 Å². The van der Waals surface area contributed by atoms with E-state index in [9.17, 15) is 9.18 Å². The van der Waals surface area contributed by atoms with Crippen molar-refractivity contribution in [3.63, 3.8) is 0 Å². The molecule has 0 radical (unpaired) electrons. The van der Waals surface area contributed by atoms with Crippen LogP contribution in [0.1, 0.15) is 31.7 Å². The van der Waals surface area contributed by atoms with Gasteiger partial charge < -0.3 is 14.9 Å². The zero-order chi connectivity index (χ0) is 16.9. The fourth-order valence-corrected chi connectivity index (χ4v) is 3.16. The Hall–Kier alpha value is -1.95. The first-order chi connectivity index (χ1) is 11.6. The van der Waals surface area contributed by atoms with E-state index in [0.717, 1.165) is 38.0 Å². The van der Waals surface area contributed by atoms with E-state index in [0.29, 0.717) is 18.2 Å². The summed E-state index contributed by atoms with van der Waals surface area (Å²) in [5.41, 5.74) is 1.46. The van der Waals surface area contributed by atoms with Crippen molar-refractivity contribution in [1.82, 2.24) is 5.32 Å². The van der Waals surface area contributed by atoms with Crippen LogP contribution in [0, 0.1) is 17.7 Å². The minimum atomic E-state index is -0.625. The Bertz CT molecular complexity index is 597. The monoisotopic (exact) mass is 334 g/mol. The van der Waals surface area contributed by atoms with Gasteiger partial charge in [-0.05, 0) is 42.9 Å². The molecule has 24 heavy (non-hydrogen) atoms. The van der Waals surface area contributed by atoms with Gasteiger partial charge in [-0.3, -0.25) is 4.79 Å². The van der Waals surface area contributed by atoms with E-state index < -0.39 is 6.10 Å². The van der Waals surface area contributed by atoms with Gasteiger partial charge in [0, 0.05) is 19.8 Å². The summed E-state index contributed by atoms with van der Waals surface area (Å²) in [5.74, 6) is 0.00886. The van der Waals surface area contributed by atoms with Crippen molar-refractivity contribution in [1.29, 1.82) is 0 Å². The van der Waals surface area contributed by atoms with Crippen LogP contribution in [0.25, 0.3) is 0 Å². The first-order valence-electron chi connectivity index (χ1n) is 8.50. The number of hydrogen-bond acceptors (Lipinski definition) is 4. The fourth-order valence-electron chi connectivity index (χ4n) is 3.16. The van der Waals surface area contributed by atoms with Crippen molar-refractivity contribution in [2.75, 3.05) is 19.8 Å². The molecule has 1 saturated heterocycles. The van der Waals surface area contributed by atoms with Gasteiger partial charge in [-0.15, -0.1) is 0 Å². The van der Waals surface area contributed by atoms with Gasteiger partial charge in [0.2, 0.25) is 6.10 Å². The SMILES string of the molecule is C[C@@H]1C(c2ccc(F)cc2)=NO[C@H]1C(=O)NCCC[C@@H]1CCOC1. The molecular formula is C18H23FN2O3. The topological polar surface area (TPSA) is 59.9 Å². The fraction of sp³-hybridized carbons (Fsp3) is 0.556. The maximum absolute atomic E-state index is 13.0. The predicted molar refractivity (Wildman–Crippen MR) is 88.1 cm³/mol. The average Bonchev–Trinajstić information content (AvgIpc) is 3.22. The van der Waals surface area contributed by atoms with E-state index in [4.69, 9.17) is 9.57 Å². The molecule has 0 spiro atoms. The van der Waals surface area contributed by atoms with E-state index in [1.807, 2.05) is 6.92 Å². The summed E-state index contributed by atoms with van der Waals surface area (Å²) in [6, 6.07) is 6.06. The third-order valence-corrected chi connectivity index (χ3v) is 4.66. The molecular weight excluding hydrogens is 311 g/mol. The molecule has 130 valence electrons. The lowest BCUT2D eigenvalue weighted by Crippen LogP contribution is -2.39. The molecule has 1 aromatic rings. The first-order valence-corrected chi connectivity index (χ1v) is 8.50. The highest BCUT2D eigenvalue weighted by molar-refractivity contribution is 6.05. The van der Waals surface area contributed by atoms with Crippen LogP contribution in [0.15, 0.2) is 29.4 Å². The van der Waals surface area contributed by atoms with Crippen LogP contribution in [0.4, 0.5) is 4.39 Å². The Kier molecular flexibility index (Phi) is 5.45. The molecule has 2 heterocycles. The molecule has 1 fully saturated rings. The zero-order valence-corrected chi connectivity index (χ0v) is 13.8. The molecule has 3 rings (SSSR count). The number of nitrogens with one attached hydrogen (secondary N) is 1. The molecule has 1 amide bonds. The molecule has 6 heteroatoms. The van der Waals surface area contributed by atoms with Gasteiger partial charge >= 0.3 is 0 Å². The number of benzene rings is 1. The second kappa shape index (κ2) is 7.75. The summed E-state index contributed by atoms with van der Waals surface area (Å²) < 4.78 is 18.4. The molecule has 0 aliphatic carbocycles. The van der Waals surface area contributed by atoms with Gasteiger partial charge in [0.25, 0.3) is 5.91 Å². The highest BCUT2D eigenvalue weighted by Gasteiger charge is 2.36. The Morgan fingerprint density at radius 1 is 1.38 bits per heavy atom.